The molecule has 2 aromatic rings. The van der Waals surface area contributed by atoms with Gasteiger partial charge in [0.2, 0.25) is 0 Å². The fourth-order valence-electron chi connectivity index (χ4n) is 2.42. The van der Waals surface area contributed by atoms with Crippen LogP contribution in [0.2, 0.25) is 0 Å². The summed E-state index contributed by atoms with van der Waals surface area (Å²) < 4.78 is 18.6. The Morgan fingerprint density at radius 3 is 2.32 bits per heavy atom. The number of rotatable bonds is 9. The average molecular weight is 344 g/mol. The predicted molar refractivity (Wildman–Crippen MR) is 96.8 cm³/mol. The summed E-state index contributed by atoms with van der Waals surface area (Å²) >= 11 is 0. The third-order valence-electron chi connectivity index (χ3n) is 4.01. The van der Waals surface area contributed by atoms with E-state index in [1.165, 1.54) is 17.7 Å². The van der Waals surface area contributed by atoms with Gasteiger partial charge in [-0.05, 0) is 36.3 Å². The van der Waals surface area contributed by atoms with Gasteiger partial charge in [0.25, 0.3) is 5.91 Å². The highest BCUT2D eigenvalue weighted by Crippen LogP contribution is 2.15. The van der Waals surface area contributed by atoms with Crippen LogP contribution in [0, 0.1) is 5.82 Å². The molecule has 5 heteroatoms. The van der Waals surface area contributed by atoms with Gasteiger partial charge in [0, 0.05) is 13.1 Å². The molecule has 0 atom stereocenters. The minimum Gasteiger partial charge on any atom is -0.481 e. The molecule has 0 aliphatic carbocycles. The van der Waals surface area contributed by atoms with E-state index in [1.807, 2.05) is 12.1 Å². The van der Waals surface area contributed by atoms with Crippen molar-refractivity contribution in [3.8, 4) is 5.75 Å². The molecule has 0 saturated carbocycles. The van der Waals surface area contributed by atoms with Gasteiger partial charge in [-0.2, -0.15) is 0 Å². The lowest BCUT2D eigenvalue weighted by atomic mass is 10.1. The second kappa shape index (κ2) is 9.79. The van der Waals surface area contributed by atoms with Gasteiger partial charge in [0.1, 0.15) is 0 Å². The Labute approximate surface area is 148 Å². The Morgan fingerprint density at radius 2 is 1.68 bits per heavy atom. The van der Waals surface area contributed by atoms with Crippen LogP contribution in [0.1, 0.15) is 25.0 Å². The third-order valence-corrected chi connectivity index (χ3v) is 4.01. The van der Waals surface area contributed by atoms with E-state index < -0.39 is 5.82 Å². The average Bonchev–Trinajstić information content (AvgIpc) is 2.64. The van der Waals surface area contributed by atoms with Crippen molar-refractivity contribution in [2.45, 2.75) is 26.9 Å². The number of hydrogen-bond acceptors (Lipinski definition) is 3. The van der Waals surface area contributed by atoms with Crippen LogP contribution in [0.3, 0.4) is 0 Å². The first-order valence-electron chi connectivity index (χ1n) is 8.56. The maximum atomic E-state index is 13.4. The highest BCUT2D eigenvalue weighted by molar-refractivity contribution is 5.77. The van der Waals surface area contributed by atoms with Crippen molar-refractivity contribution in [3.05, 3.63) is 65.5 Å². The first-order chi connectivity index (χ1) is 12.1. The Kier molecular flexibility index (Phi) is 7.41. The lowest BCUT2D eigenvalue weighted by Gasteiger charge is -2.18. The first-order valence-corrected chi connectivity index (χ1v) is 8.56. The zero-order chi connectivity index (χ0) is 18.1. The molecule has 0 radical (unpaired) electrons. The smallest absolute Gasteiger partial charge is 0.258 e. The predicted octanol–water partition coefficient (Wildman–Crippen LogP) is 3.36. The number of carbonyl (C=O) groups excluding carboxylic acids is 1. The summed E-state index contributed by atoms with van der Waals surface area (Å²) in [5, 5.41) is 2.77. The van der Waals surface area contributed by atoms with E-state index in [1.54, 1.807) is 12.1 Å². The fraction of sp³-hybridized carbons (Fsp3) is 0.350. The second-order valence-electron chi connectivity index (χ2n) is 5.77. The molecule has 0 unspecified atom stereocenters. The van der Waals surface area contributed by atoms with Crippen LogP contribution in [0.15, 0.2) is 48.5 Å². The lowest BCUT2D eigenvalue weighted by molar-refractivity contribution is -0.123. The van der Waals surface area contributed by atoms with E-state index in [4.69, 9.17) is 4.74 Å². The van der Waals surface area contributed by atoms with Crippen LogP contribution >= 0.6 is 0 Å². The number of benzene rings is 2. The second-order valence-corrected chi connectivity index (χ2v) is 5.77. The first kappa shape index (κ1) is 18.9. The third kappa shape index (κ3) is 6.19. The van der Waals surface area contributed by atoms with Gasteiger partial charge in [0.05, 0.1) is 0 Å². The maximum Gasteiger partial charge on any atom is 0.258 e. The Morgan fingerprint density at radius 1 is 1.04 bits per heavy atom. The molecule has 2 rings (SSSR count). The summed E-state index contributed by atoms with van der Waals surface area (Å²) in [6.07, 6.45) is 0. The number of amides is 1. The molecule has 2 aromatic carbocycles. The molecule has 134 valence electrons. The van der Waals surface area contributed by atoms with Gasteiger partial charge in [-0.3, -0.25) is 9.69 Å². The zero-order valence-electron chi connectivity index (χ0n) is 14.8. The van der Waals surface area contributed by atoms with Gasteiger partial charge >= 0.3 is 0 Å². The van der Waals surface area contributed by atoms with Crippen LogP contribution in [0.4, 0.5) is 4.39 Å². The molecule has 0 saturated heterocycles. The van der Waals surface area contributed by atoms with Crippen molar-refractivity contribution in [3.63, 3.8) is 0 Å². The SMILES string of the molecule is CCN(CC)Cc1ccc(CNC(=O)COc2ccccc2F)cc1. The maximum absolute atomic E-state index is 13.4. The Bertz CT molecular complexity index is 670. The van der Waals surface area contributed by atoms with Crippen molar-refractivity contribution in [1.29, 1.82) is 0 Å². The summed E-state index contributed by atoms with van der Waals surface area (Å²) in [5.41, 5.74) is 2.27. The van der Waals surface area contributed by atoms with Gasteiger partial charge in [-0.15, -0.1) is 0 Å². The van der Waals surface area contributed by atoms with Crippen molar-refractivity contribution in [2.24, 2.45) is 0 Å². The summed E-state index contributed by atoms with van der Waals surface area (Å²) in [6.45, 7) is 7.49. The molecule has 0 fully saturated rings. The monoisotopic (exact) mass is 344 g/mol. The van der Waals surface area contributed by atoms with E-state index in [0.717, 1.165) is 25.2 Å². The molecule has 1 N–H and O–H groups in total. The molecule has 0 aliphatic rings. The fourth-order valence-corrected chi connectivity index (χ4v) is 2.42. The molecule has 25 heavy (non-hydrogen) atoms. The zero-order valence-corrected chi connectivity index (χ0v) is 14.8. The molecule has 4 nitrogen and oxygen atoms in total. The van der Waals surface area contributed by atoms with Crippen LogP contribution in [0.25, 0.3) is 0 Å². The van der Waals surface area contributed by atoms with Crippen molar-refractivity contribution < 1.29 is 13.9 Å². The number of ether oxygens (including phenoxy) is 1. The number of nitrogens with zero attached hydrogens (tertiary/aromatic N) is 1. The van der Waals surface area contributed by atoms with Crippen LogP contribution in [-0.2, 0) is 17.9 Å². The van der Waals surface area contributed by atoms with E-state index in [2.05, 4.69) is 36.2 Å². The van der Waals surface area contributed by atoms with E-state index >= 15 is 0 Å². The molecular formula is C20H25FN2O2. The van der Waals surface area contributed by atoms with Crippen molar-refractivity contribution >= 4 is 5.91 Å². The summed E-state index contributed by atoms with van der Waals surface area (Å²) in [4.78, 5) is 14.2. The molecule has 0 spiro atoms. The van der Waals surface area contributed by atoms with Crippen LogP contribution in [0.5, 0.6) is 5.75 Å². The quantitative estimate of drug-likeness (QED) is 0.758. The molecule has 0 aliphatic heterocycles. The van der Waals surface area contributed by atoms with Crippen molar-refractivity contribution in [2.75, 3.05) is 19.7 Å². The molecule has 0 heterocycles. The minimum absolute atomic E-state index is 0.0819. The number of para-hydroxylation sites is 1. The minimum atomic E-state index is -0.473. The van der Waals surface area contributed by atoms with Gasteiger partial charge < -0.3 is 10.1 Å². The van der Waals surface area contributed by atoms with E-state index in [-0.39, 0.29) is 18.3 Å². The molecule has 0 aromatic heterocycles. The number of hydrogen-bond donors (Lipinski definition) is 1. The Balaban J connectivity index is 1.77. The molecular weight excluding hydrogens is 319 g/mol. The number of halogens is 1. The summed E-state index contributed by atoms with van der Waals surface area (Å²) in [6, 6.07) is 14.2. The topological polar surface area (TPSA) is 41.6 Å². The van der Waals surface area contributed by atoms with Gasteiger partial charge in [-0.25, -0.2) is 4.39 Å². The normalized spacial score (nSPS) is 10.7. The molecule has 1 amide bonds. The number of nitrogens with one attached hydrogen (secondary N) is 1. The standard InChI is InChI=1S/C20H25FN2O2/c1-3-23(4-2)14-17-11-9-16(10-12-17)13-22-20(24)15-25-19-8-6-5-7-18(19)21/h5-12H,3-4,13-15H2,1-2H3,(H,22,24). The number of carbonyl (C=O) groups is 1. The highest BCUT2D eigenvalue weighted by atomic mass is 19.1. The van der Waals surface area contributed by atoms with E-state index in [0.29, 0.717) is 6.54 Å². The lowest BCUT2D eigenvalue weighted by Crippen LogP contribution is -2.28. The Hall–Kier alpha value is -2.40. The van der Waals surface area contributed by atoms with Gasteiger partial charge in [0.15, 0.2) is 18.2 Å². The molecule has 0 bridgehead atoms. The van der Waals surface area contributed by atoms with Crippen LogP contribution < -0.4 is 10.1 Å². The van der Waals surface area contributed by atoms with Gasteiger partial charge in [-0.1, -0.05) is 50.2 Å². The summed E-state index contributed by atoms with van der Waals surface area (Å²) in [5.74, 6) is -0.673. The highest BCUT2D eigenvalue weighted by Gasteiger charge is 2.06. The van der Waals surface area contributed by atoms with Crippen molar-refractivity contribution in [1.82, 2.24) is 10.2 Å². The van der Waals surface area contributed by atoms with Crippen LogP contribution in [-0.4, -0.2) is 30.5 Å². The largest absolute Gasteiger partial charge is 0.481 e. The summed E-state index contributed by atoms with van der Waals surface area (Å²) in [7, 11) is 0. The van der Waals surface area contributed by atoms with E-state index in [9.17, 15) is 9.18 Å².